The van der Waals surface area contributed by atoms with Crippen LogP contribution in [-0.4, -0.2) is 55.3 Å². The Hall–Kier alpha value is -2.15. The smallest absolute Gasteiger partial charge is 0.308 e. The number of hydrogen-bond acceptors (Lipinski definition) is 5. The van der Waals surface area contributed by atoms with E-state index < -0.39 is 5.97 Å². The molecule has 1 aromatic rings. The molecule has 0 radical (unpaired) electrons. The molecule has 1 aromatic heterocycles. The molecule has 1 aliphatic heterocycles. The molecule has 120 valence electrons. The van der Waals surface area contributed by atoms with E-state index in [4.69, 9.17) is 9.84 Å². The molecule has 1 atom stereocenters. The predicted molar refractivity (Wildman–Crippen MR) is 81.0 cm³/mol. The fourth-order valence-corrected chi connectivity index (χ4v) is 2.46. The Morgan fingerprint density at radius 3 is 2.95 bits per heavy atom. The Labute approximate surface area is 129 Å². The summed E-state index contributed by atoms with van der Waals surface area (Å²) in [6, 6.07) is 3.46. The molecule has 7 heteroatoms. The van der Waals surface area contributed by atoms with E-state index in [9.17, 15) is 9.59 Å². The molecule has 0 aromatic carbocycles. The van der Waals surface area contributed by atoms with Gasteiger partial charge in [0.2, 0.25) is 0 Å². The van der Waals surface area contributed by atoms with E-state index in [1.165, 1.54) is 6.20 Å². The molecular weight excluding hydrogens is 286 g/mol. The summed E-state index contributed by atoms with van der Waals surface area (Å²) in [6.45, 7) is 2.16. The number of pyridine rings is 1. The van der Waals surface area contributed by atoms with Gasteiger partial charge in [0, 0.05) is 32.9 Å². The molecule has 2 rings (SSSR count). The second-order valence-corrected chi connectivity index (χ2v) is 5.28. The Balaban J connectivity index is 1.96. The highest BCUT2D eigenvalue weighted by atomic mass is 16.5. The highest BCUT2D eigenvalue weighted by Gasteiger charge is 2.26. The van der Waals surface area contributed by atoms with Crippen LogP contribution < -0.4 is 10.2 Å². The van der Waals surface area contributed by atoms with Crippen molar-refractivity contribution in [1.29, 1.82) is 0 Å². The van der Waals surface area contributed by atoms with Crippen molar-refractivity contribution in [2.75, 3.05) is 38.3 Å². The van der Waals surface area contributed by atoms with E-state index in [0.717, 1.165) is 13.0 Å². The Morgan fingerprint density at radius 1 is 1.50 bits per heavy atom. The van der Waals surface area contributed by atoms with Crippen molar-refractivity contribution in [3.63, 3.8) is 0 Å². The molecule has 22 heavy (non-hydrogen) atoms. The van der Waals surface area contributed by atoms with Crippen LogP contribution in [0, 0.1) is 5.92 Å². The number of carbonyl (C=O) groups excluding carboxylic acids is 1. The van der Waals surface area contributed by atoms with Crippen LogP contribution in [-0.2, 0) is 9.53 Å². The van der Waals surface area contributed by atoms with Crippen LogP contribution in [0.1, 0.15) is 23.2 Å². The van der Waals surface area contributed by atoms with Gasteiger partial charge in [0.1, 0.15) is 5.82 Å². The average molecular weight is 307 g/mol. The maximum atomic E-state index is 11.9. The number of carboxylic acid groups (broad SMARTS) is 1. The van der Waals surface area contributed by atoms with Crippen molar-refractivity contribution in [2.24, 2.45) is 5.92 Å². The number of aromatic nitrogens is 1. The van der Waals surface area contributed by atoms with Gasteiger partial charge in [-0.25, -0.2) is 4.98 Å². The molecule has 0 spiro atoms. The maximum Gasteiger partial charge on any atom is 0.308 e. The number of nitrogens with one attached hydrogen (secondary N) is 1. The number of anilines is 1. The fraction of sp³-hybridized carbons (Fsp3) is 0.533. The number of methoxy groups -OCH3 is 1. The first-order chi connectivity index (χ1) is 10.6. The maximum absolute atomic E-state index is 11.9. The lowest BCUT2D eigenvalue weighted by atomic mass is 9.98. The quantitative estimate of drug-likeness (QED) is 0.754. The van der Waals surface area contributed by atoms with Gasteiger partial charge in [0.15, 0.2) is 0 Å². The summed E-state index contributed by atoms with van der Waals surface area (Å²) >= 11 is 0. The summed E-state index contributed by atoms with van der Waals surface area (Å²) < 4.78 is 4.87. The Kier molecular flexibility index (Phi) is 5.71. The minimum absolute atomic E-state index is 0.196. The SMILES string of the molecule is COCCNC(=O)c1ccc(N2CCCC(C(=O)O)C2)nc1. The van der Waals surface area contributed by atoms with Crippen LogP contribution in [0.25, 0.3) is 0 Å². The molecule has 2 N–H and O–H groups in total. The third-order valence-electron chi connectivity index (χ3n) is 3.70. The Bertz CT molecular complexity index is 518. The van der Waals surface area contributed by atoms with E-state index in [0.29, 0.717) is 37.5 Å². The molecule has 2 heterocycles. The van der Waals surface area contributed by atoms with Gasteiger partial charge in [-0.3, -0.25) is 9.59 Å². The van der Waals surface area contributed by atoms with Crippen molar-refractivity contribution >= 4 is 17.7 Å². The largest absolute Gasteiger partial charge is 0.481 e. The zero-order chi connectivity index (χ0) is 15.9. The number of rotatable bonds is 6. The molecule has 1 aliphatic rings. The number of ether oxygens (including phenoxy) is 1. The molecule has 0 bridgehead atoms. The van der Waals surface area contributed by atoms with Gasteiger partial charge >= 0.3 is 5.97 Å². The molecule has 0 aliphatic carbocycles. The van der Waals surface area contributed by atoms with Crippen LogP contribution in [0.15, 0.2) is 18.3 Å². The summed E-state index contributed by atoms with van der Waals surface area (Å²) in [5, 5.41) is 11.8. The Morgan fingerprint density at radius 2 is 2.32 bits per heavy atom. The summed E-state index contributed by atoms with van der Waals surface area (Å²) in [5.41, 5.74) is 0.478. The monoisotopic (exact) mass is 307 g/mol. The van der Waals surface area contributed by atoms with Gasteiger partial charge in [0.05, 0.1) is 18.1 Å². The van der Waals surface area contributed by atoms with Gasteiger partial charge in [-0.2, -0.15) is 0 Å². The minimum Gasteiger partial charge on any atom is -0.481 e. The van der Waals surface area contributed by atoms with Crippen molar-refractivity contribution < 1.29 is 19.4 Å². The number of hydrogen-bond donors (Lipinski definition) is 2. The van der Waals surface area contributed by atoms with Crippen molar-refractivity contribution in [3.05, 3.63) is 23.9 Å². The van der Waals surface area contributed by atoms with E-state index >= 15 is 0 Å². The predicted octanol–water partition coefficient (Wildman–Crippen LogP) is 0.759. The van der Waals surface area contributed by atoms with Crippen LogP contribution in [0.4, 0.5) is 5.82 Å². The first-order valence-corrected chi connectivity index (χ1v) is 7.32. The van der Waals surface area contributed by atoms with Gasteiger partial charge in [-0.05, 0) is 25.0 Å². The van der Waals surface area contributed by atoms with Gasteiger partial charge in [-0.15, -0.1) is 0 Å². The van der Waals surface area contributed by atoms with Crippen LogP contribution in [0.5, 0.6) is 0 Å². The summed E-state index contributed by atoms with van der Waals surface area (Å²) in [5.74, 6) is -0.607. The fourth-order valence-electron chi connectivity index (χ4n) is 2.46. The number of amides is 1. The molecule has 0 saturated carbocycles. The molecule has 1 unspecified atom stereocenters. The van der Waals surface area contributed by atoms with Gasteiger partial charge in [-0.1, -0.05) is 0 Å². The molecular formula is C15H21N3O4. The lowest BCUT2D eigenvalue weighted by molar-refractivity contribution is -0.141. The molecule has 1 amide bonds. The van der Waals surface area contributed by atoms with Crippen molar-refractivity contribution in [1.82, 2.24) is 10.3 Å². The van der Waals surface area contributed by atoms with Crippen molar-refractivity contribution in [3.8, 4) is 0 Å². The van der Waals surface area contributed by atoms with Crippen molar-refractivity contribution in [2.45, 2.75) is 12.8 Å². The standard InChI is InChI=1S/C15H21N3O4/c1-22-8-6-16-14(19)11-4-5-13(17-9-11)18-7-2-3-12(10-18)15(20)21/h4-5,9,12H,2-3,6-8,10H2,1H3,(H,16,19)(H,20,21). The van der Waals surface area contributed by atoms with Crippen LogP contribution >= 0.6 is 0 Å². The second kappa shape index (κ2) is 7.74. The normalized spacial score (nSPS) is 18.0. The minimum atomic E-state index is -0.765. The van der Waals surface area contributed by atoms with Crippen LogP contribution in [0.2, 0.25) is 0 Å². The van der Waals surface area contributed by atoms with E-state index in [1.807, 2.05) is 4.90 Å². The highest BCUT2D eigenvalue weighted by molar-refractivity contribution is 5.94. The average Bonchev–Trinajstić information content (AvgIpc) is 2.55. The topological polar surface area (TPSA) is 91.8 Å². The number of carboxylic acids is 1. The molecule has 1 fully saturated rings. The summed E-state index contributed by atoms with van der Waals surface area (Å²) in [7, 11) is 1.57. The third kappa shape index (κ3) is 4.17. The number of carbonyl (C=O) groups is 2. The molecule has 1 saturated heterocycles. The lowest BCUT2D eigenvalue weighted by Gasteiger charge is -2.31. The van der Waals surface area contributed by atoms with Crippen LogP contribution in [0.3, 0.4) is 0 Å². The summed E-state index contributed by atoms with van der Waals surface area (Å²) in [6.07, 6.45) is 3.05. The number of piperidine rings is 1. The molecule has 7 nitrogen and oxygen atoms in total. The zero-order valence-corrected chi connectivity index (χ0v) is 12.6. The number of nitrogens with zero attached hydrogens (tertiary/aromatic N) is 2. The second-order valence-electron chi connectivity index (χ2n) is 5.28. The first kappa shape index (κ1) is 16.2. The highest BCUT2D eigenvalue weighted by Crippen LogP contribution is 2.21. The third-order valence-corrected chi connectivity index (χ3v) is 3.70. The van der Waals surface area contributed by atoms with E-state index in [2.05, 4.69) is 10.3 Å². The lowest BCUT2D eigenvalue weighted by Crippen LogP contribution is -2.39. The van der Waals surface area contributed by atoms with E-state index in [-0.39, 0.29) is 11.8 Å². The van der Waals surface area contributed by atoms with Gasteiger partial charge < -0.3 is 20.1 Å². The van der Waals surface area contributed by atoms with Gasteiger partial charge in [0.25, 0.3) is 5.91 Å². The van der Waals surface area contributed by atoms with E-state index in [1.54, 1.807) is 19.2 Å². The number of aliphatic carboxylic acids is 1. The summed E-state index contributed by atoms with van der Waals surface area (Å²) in [4.78, 5) is 29.2. The first-order valence-electron chi connectivity index (χ1n) is 7.32. The zero-order valence-electron chi connectivity index (χ0n) is 12.6.